The number of benzene rings is 1. The summed E-state index contributed by atoms with van der Waals surface area (Å²) >= 11 is 1.71. The van der Waals surface area contributed by atoms with E-state index in [1.165, 1.54) is 16.0 Å². The molecular formula is C23H30N3OS+. The Balaban J connectivity index is 1.68. The largest absolute Gasteiger partial charge is 0.333 e. The minimum Gasteiger partial charge on any atom is -0.333 e. The zero-order chi connectivity index (χ0) is 20.1. The molecule has 0 saturated heterocycles. The van der Waals surface area contributed by atoms with Crippen LogP contribution in [0, 0.1) is 23.2 Å². The minimum atomic E-state index is -0.734. The zero-order valence-electron chi connectivity index (χ0n) is 16.9. The topological polar surface area (TPSA) is 69.5 Å². The number of amides is 1. The summed E-state index contributed by atoms with van der Waals surface area (Å²) in [5.74, 6) is 0.854. The molecule has 4 nitrogen and oxygen atoms in total. The number of nitrogens with two attached hydrogens (primary N) is 1. The van der Waals surface area contributed by atoms with E-state index < -0.39 is 5.54 Å². The van der Waals surface area contributed by atoms with Crippen molar-refractivity contribution >= 4 is 17.2 Å². The Morgan fingerprint density at radius 3 is 2.57 bits per heavy atom. The summed E-state index contributed by atoms with van der Waals surface area (Å²) in [6.45, 7) is 6.60. The molecule has 3 N–H and O–H groups in total. The van der Waals surface area contributed by atoms with Crippen molar-refractivity contribution in [1.29, 1.82) is 5.26 Å². The highest BCUT2D eigenvalue weighted by Crippen LogP contribution is 2.39. The number of nitriles is 1. The van der Waals surface area contributed by atoms with Gasteiger partial charge in [0, 0.05) is 5.56 Å². The van der Waals surface area contributed by atoms with Gasteiger partial charge in [0.25, 0.3) is 5.91 Å². The maximum Gasteiger partial charge on any atom is 0.276 e. The summed E-state index contributed by atoms with van der Waals surface area (Å²) < 4.78 is 0. The first-order valence-corrected chi connectivity index (χ1v) is 11.0. The summed E-state index contributed by atoms with van der Waals surface area (Å²) in [5.41, 5.74) is 1.81. The highest BCUT2D eigenvalue weighted by atomic mass is 32.1. The second-order valence-electron chi connectivity index (χ2n) is 8.41. The fourth-order valence-corrected chi connectivity index (χ4v) is 4.52. The normalized spacial score (nSPS) is 17.0. The van der Waals surface area contributed by atoms with Crippen molar-refractivity contribution in [3.63, 3.8) is 0 Å². The molecule has 0 bridgehead atoms. The Morgan fingerprint density at radius 2 is 2.04 bits per heavy atom. The van der Waals surface area contributed by atoms with E-state index in [0.29, 0.717) is 18.4 Å². The predicted octanol–water partition coefficient (Wildman–Crippen LogP) is 3.41. The van der Waals surface area contributed by atoms with Gasteiger partial charge in [0.2, 0.25) is 0 Å². The Kier molecular flexibility index (Phi) is 6.53. The second kappa shape index (κ2) is 8.89. The average Bonchev–Trinajstić information content (AvgIpc) is 3.40. The average molecular weight is 397 g/mol. The fraction of sp³-hybridized carbons (Fsp3) is 0.478. The number of hydrogen-bond donors (Lipinski definition) is 2. The van der Waals surface area contributed by atoms with Gasteiger partial charge < -0.3 is 10.6 Å². The van der Waals surface area contributed by atoms with E-state index in [-0.39, 0.29) is 11.9 Å². The molecule has 0 radical (unpaired) electrons. The number of nitrogens with one attached hydrogen (secondary N) is 1. The van der Waals surface area contributed by atoms with Gasteiger partial charge in [-0.3, -0.25) is 4.79 Å². The van der Waals surface area contributed by atoms with E-state index in [9.17, 15) is 10.1 Å². The molecule has 3 rings (SSSR count). The van der Waals surface area contributed by atoms with Gasteiger partial charge in [-0.05, 0) is 55.0 Å². The highest BCUT2D eigenvalue weighted by molar-refractivity contribution is 7.10. The summed E-state index contributed by atoms with van der Waals surface area (Å²) in [6, 6.07) is 15.3. The van der Waals surface area contributed by atoms with Crippen LogP contribution in [-0.2, 0) is 11.2 Å². The van der Waals surface area contributed by atoms with Gasteiger partial charge in [-0.25, -0.2) is 0 Å². The fourth-order valence-electron chi connectivity index (χ4n) is 3.66. The van der Waals surface area contributed by atoms with Crippen LogP contribution < -0.4 is 10.6 Å². The molecule has 1 aromatic heterocycles. The van der Waals surface area contributed by atoms with Crippen molar-refractivity contribution in [2.75, 3.05) is 6.54 Å². The third kappa shape index (κ3) is 5.21. The van der Waals surface area contributed by atoms with Gasteiger partial charge in [-0.1, -0.05) is 44.2 Å². The lowest BCUT2D eigenvalue weighted by atomic mass is 9.97. The number of carbonyl (C=O) groups is 1. The van der Waals surface area contributed by atoms with Crippen molar-refractivity contribution in [3.8, 4) is 6.07 Å². The van der Waals surface area contributed by atoms with Crippen LogP contribution in [0.3, 0.4) is 0 Å². The number of rotatable bonds is 9. The molecule has 1 heterocycles. The Morgan fingerprint density at radius 1 is 1.32 bits per heavy atom. The quantitative estimate of drug-likeness (QED) is 0.682. The van der Waals surface area contributed by atoms with Crippen LogP contribution in [0.5, 0.6) is 0 Å². The first kappa shape index (κ1) is 20.6. The Bertz CT molecular complexity index is 819. The first-order valence-electron chi connectivity index (χ1n) is 10.1. The maximum absolute atomic E-state index is 12.5. The molecule has 2 aromatic rings. The maximum atomic E-state index is 12.5. The number of nitrogens with zero attached hydrogens (tertiary/aromatic N) is 1. The first-order chi connectivity index (χ1) is 13.4. The lowest BCUT2D eigenvalue weighted by molar-refractivity contribution is -0.676. The van der Waals surface area contributed by atoms with E-state index >= 15 is 0 Å². The van der Waals surface area contributed by atoms with E-state index in [2.05, 4.69) is 66.3 Å². The highest BCUT2D eigenvalue weighted by Gasteiger charge is 2.43. The van der Waals surface area contributed by atoms with E-state index in [1.807, 2.05) is 13.0 Å². The number of carbonyl (C=O) groups excluding carboxylic acids is 1. The van der Waals surface area contributed by atoms with Gasteiger partial charge in [0.05, 0.1) is 10.9 Å². The third-order valence-electron chi connectivity index (χ3n) is 5.40. The van der Waals surface area contributed by atoms with Gasteiger partial charge in [-0.15, -0.1) is 11.3 Å². The van der Waals surface area contributed by atoms with Crippen LogP contribution in [0.25, 0.3) is 0 Å². The van der Waals surface area contributed by atoms with Crippen molar-refractivity contribution < 1.29 is 10.1 Å². The molecule has 0 unspecified atom stereocenters. The van der Waals surface area contributed by atoms with E-state index in [4.69, 9.17) is 0 Å². The molecule has 1 aromatic carbocycles. The molecule has 1 aliphatic carbocycles. The second-order valence-corrected chi connectivity index (χ2v) is 9.39. The van der Waals surface area contributed by atoms with Crippen molar-refractivity contribution in [2.45, 2.75) is 51.6 Å². The molecule has 1 saturated carbocycles. The molecular weight excluding hydrogens is 366 g/mol. The lowest BCUT2D eigenvalue weighted by Gasteiger charge is -2.23. The van der Waals surface area contributed by atoms with E-state index in [0.717, 1.165) is 19.3 Å². The van der Waals surface area contributed by atoms with Crippen LogP contribution in [0.4, 0.5) is 0 Å². The van der Waals surface area contributed by atoms with E-state index in [1.54, 1.807) is 11.3 Å². The molecule has 0 spiro atoms. The molecule has 1 amide bonds. The molecule has 1 aliphatic rings. The van der Waals surface area contributed by atoms with Crippen LogP contribution in [0.15, 0.2) is 41.8 Å². The monoisotopic (exact) mass is 396 g/mol. The summed E-state index contributed by atoms with van der Waals surface area (Å²) in [4.78, 5) is 13.8. The molecule has 5 heteroatoms. The van der Waals surface area contributed by atoms with Gasteiger partial charge in [0.1, 0.15) is 11.6 Å². The van der Waals surface area contributed by atoms with Gasteiger partial charge in [0.15, 0.2) is 6.54 Å². The third-order valence-corrected chi connectivity index (χ3v) is 6.35. The Labute approximate surface area is 172 Å². The van der Waals surface area contributed by atoms with Gasteiger partial charge >= 0.3 is 0 Å². The number of thiophene rings is 1. The molecule has 148 valence electrons. The lowest BCUT2D eigenvalue weighted by Crippen LogP contribution is -2.88. The van der Waals surface area contributed by atoms with Crippen molar-refractivity contribution in [3.05, 3.63) is 57.8 Å². The van der Waals surface area contributed by atoms with Crippen molar-refractivity contribution in [2.24, 2.45) is 11.8 Å². The van der Waals surface area contributed by atoms with Crippen LogP contribution in [0.2, 0.25) is 0 Å². The smallest absolute Gasteiger partial charge is 0.276 e. The summed E-state index contributed by atoms with van der Waals surface area (Å²) in [5, 5.41) is 16.6. The molecule has 2 atom stereocenters. The molecule has 0 aliphatic heterocycles. The molecule has 28 heavy (non-hydrogen) atoms. The van der Waals surface area contributed by atoms with Crippen LogP contribution >= 0.6 is 11.3 Å². The molecule has 1 fully saturated rings. The van der Waals surface area contributed by atoms with Gasteiger partial charge in [-0.2, -0.15) is 5.26 Å². The predicted molar refractivity (Wildman–Crippen MR) is 113 cm³/mol. The summed E-state index contributed by atoms with van der Waals surface area (Å²) in [7, 11) is 0. The number of hydrogen-bond acceptors (Lipinski definition) is 3. The minimum absolute atomic E-state index is 0.0751. The number of quaternary nitrogens is 1. The van der Waals surface area contributed by atoms with Crippen molar-refractivity contribution in [1.82, 2.24) is 5.32 Å². The summed E-state index contributed by atoms with van der Waals surface area (Å²) in [6.07, 6.45) is 3.12. The standard InChI is InChI=1S/C23H29N3OS/c1-16(2)13-17-6-8-18(9-7-17)22(20-5-4-12-28-20)25-14-21(27)26-23(3,15-24)19-10-11-19/h4-9,12,16,19,22,25H,10-11,13-14H2,1-3H3,(H,26,27)/p+1/t22-,23-/m0/s1. The Hall–Kier alpha value is -2.16. The SMILES string of the molecule is CC(C)Cc1ccc([C@H]([NH2+]CC(=O)N[C@@](C)(C#N)C2CC2)c2cccs2)cc1. The van der Waals surface area contributed by atoms with Crippen LogP contribution in [-0.4, -0.2) is 18.0 Å². The van der Waals surface area contributed by atoms with Crippen LogP contribution in [0.1, 0.15) is 55.7 Å². The zero-order valence-corrected chi connectivity index (χ0v) is 17.8.